The summed E-state index contributed by atoms with van der Waals surface area (Å²) in [7, 11) is 0. The largest absolute Gasteiger partial charge is 0.457 e. The van der Waals surface area contributed by atoms with Crippen molar-refractivity contribution < 1.29 is 27.8 Å². The number of carbonyl (C=O) groups is 2. The molecule has 0 spiro atoms. The molecule has 2 rings (SSSR count). The highest BCUT2D eigenvalue weighted by atomic mass is 19.3. The van der Waals surface area contributed by atoms with Crippen LogP contribution in [0.5, 0.6) is 5.75 Å². The number of hydrogen-bond donors (Lipinski definition) is 2. The smallest absolute Gasteiger partial charge is 0.387 e. The minimum absolute atomic E-state index is 0.0192. The number of nitrogens with one attached hydrogen (secondary N) is 2. The number of ether oxygens (including phenoxy) is 2. The van der Waals surface area contributed by atoms with Gasteiger partial charge in [-0.15, -0.1) is 0 Å². The third kappa shape index (κ3) is 6.58. The number of halogens is 2. The monoisotopic (exact) mass is 378 g/mol. The van der Waals surface area contributed by atoms with Gasteiger partial charge in [0, 0.05) is 6.04 Å². The van der Waals surface area contributed by atoms with Gasteiger partial charge in [-0.05, 0) is 43.7 Å². The van der Waals surface area contributed by atoms with E-state index in [2.05, 4.69) is 15.4 Å². The van der Waals surface area contributed by atoms with Crippen LogP contribution in [0.4, 0.5) is 19.3 Å². The Morgan fingerprint density at radius 1 is 1.04 bits per heavy atom. The number of amides is 2. The van der Waals surface area contributed by atoms with Gasteiger partial charge in [0.15, 0.2) is 0 Å². The normalized spacial score (nSPS) is 10.6. The minimum atomic E-state index is -2.90. The molecule has 6 nitrogen and oxygen atoms in total. The van der Waals surface area contributed by atoms with Gasteiger partial charge < -0.3 is 20.1 Å². The Morgan fingerprint density at radius 3 is 2.33 bits per heavy atom. The van der Waals surface area contributed by atoms with Crippen LogP contribution in [0.15, 0.2) is 48.5 Å². The second kappa shape index (κ2) is 9.51. The molecule has 0 saturated carbocycles. The summed E-state index contributed by atoms with van der Waals surface area (Å²) in [6.07, 6.45) is 0. The van der Waals surface area contributed by atoms with Crippen molar-refractivity contribution in [2.24, 2.45) is 0 Å². The molecule has 2 amide bonds. The highest BCUT2D eigenvalue weighted by molar-refractivity contribution is 6.00. The number of hydrogen-bond acceptors (Lipinski definition) is 4. The highest BCUT2D eigenvalue weighted by Gasteiger charge is 2.15. The first-order chi connectivity index (χ1) is 12.8. The topological polar surface area (TPSA) is 76.7 Å². The molecule has 0 aliphatic rings. The molecule has 0 aliphatic carbocycles. The fourth-order valence-corrected chi connectivity index (χ4v) is 2.18. The molecule has 0 fully saturated rings. The summed E-state index contributed by atoms with van der Waals surface area (Å²) in [5.74, 6) is -0.603. The minimum Gasteiger partial charge on any atom is -0.457 e. The molecule has 2 aromatic rings. The van der Waals surface area contributed by atoms with Crippen LogP contribution in [0.3, 0.4) is 0 Å². The van der Waals surface area contributed by atoms with Gasteiger partial charge in [0.25, 0.3) is 0 Å². The summed E-state index contributed by atoms with van der Waals surface area (Å²) < 4.78 is 33.8. The average Bonchev–Trinajstić information content (AvgIpc) is 2.60. The zero-order chi connectivity index (χ0) is 19.8. The van der Waals surface area contributed by atoms with Crippen molar-refractivity contribution in [1.82, 2.24) is 5.32 Å². The molecular weight excluding hydrogens is 358 g/mol. The molecule has 2 aromatic carbocycles. The summed E-state index contributed by atoms with van der Waals surface area (Å²) in [4.78, 5) is 24.2. The van der Waals surface area contributed by atoms with E-state index in [1.807, 2.05) is 13.8 Å². The first kappa shape index (κ1) is 20.2. The van der Waals surface area contributed by atoms with Crippen molar-refractivity contribution in [2.75, 3.05) is 5.32 Å². The van der Waals surface area contributed by atoms with Crippen LogP contribution < -0.4 is 15.4 Å². The van der Waals surface area contributed by atoms with E-state index in [0.717, 1.165) is 0 Å². The van der Waals surface area contributed by atoms with Crippen molar-refractivity contribution in [3.63, 3.8) is 0 Å². The van der Waals surface area contributed by atoms with Gasteiger partial charge in [-0.2, -0.15) is 8.78 Å². The number of benzene rings is 2. The summed E-state index contributed by atoms with van der Waals surface area (Å²) in [6.45, 7) is 0.681. The molecule has 0 unspecified atom stereocenters. The predicted octanol–water partition coefficient (Wildman–Crippen LogP) is 4.17. The van der Waals surface area contributed by atoms with Crippen LogP contribution in [0.1, 0.15) is 29.8 Å². The number of carbonyl (C=O) groups excluding carboxylic acids is 2. The third-order valence-electron chi connectivity index (χ3n) is 3.33. The number of esters is 1. The van der Waals surface area contributed by atoms with Crippen molar-refractivity contribution in [1.29, 1.82) is 0 Å². The average molecular weight is 378 g/mol. The maximum Gasteiger partial charge on any atom is 0.387 e. The van der Waals surface area contributed by atoms with Crippen LogP contribution >= 0.6 is 0 Å². The Morgan fingerprint density at radius 2 is 1.70 bits per heavy atom. The van der Waals surface area contributed by atoms with Gasteiger partial charge in [0.1, 0.15) is 12.4 Å². The van der Waals surface area contributed by atoms with E-state index in [1.54, 1.807) is 18.2 Å². The van der Waals surface area contributed by atoms with Crippen molar-refractivity contribution in [3.8, 4) is 5.75 Å². The van der Waals surface area contributed by atoms with Gasteiger partial charge in [0.2, 0.25) is 0 Å². The van der Waals surface area contributed by atoms with Gasteiger partial charge in [0.05, 0.1) is 11.3 Å². The summed E-state index contributed by atoms with van der Waals surface area (Å²) in [5.41, 5.74) is 1.13. The lowest BCUT2D eigenvalue weighted by molar-refractivity contribution is -0.0498. The van der Waals surface area contributed by atoms with Crippen molar-refractivity contribution >= 4 is 17.7 Å². The molecule has 0 radical (unpaired) electrons. The Hall–Kier alpha value is -3.16. The molecule has 0 atom stereocenters. The second-order valence-electron chi connectivity index (χ2n) is 5.90. The lowest BCUT2D eigenvalue weighted by Gasteiger charge is -2.13. The maximum absolute atomic E-state index is 12.3. The zero-order valence-electron chi connectivity index (χ0n) is 14.9. The van der Waals surface area contributed by atoms with Crippen LogP contribution in [0.25, 0.3) is 0 Å². The van der Waals surface area contributed by atoms with Crippen molar-refractivity contribution in [2.45, 2.75) is 33.1 Å². The fourth-order valence-electron chi connectivity index (χ4n) is 2.18. The van der Waals surface area contributed by atoms with Crippen LogP contribution in [0.2, 0.25) is 0 Å². The van der Waals surface area contributed by atoms with E-state index in [0.29, 0.717) is 11.3 Å². The first-order valence-corrected chi connectivity index (χ1v) is 8.22. The molecular formula is C19H20F2N2O4. The van der Waals surface area contributed by atoms with Crippen molar-refractivity contribution in [3.05, 3.63) is 59.7 Å². The number of urea groups is 1. The van der Waals surface area contributed by atoms with Crippen LogP contribution in [0, 0.1) is 0 Å². The molecule has 0 heterocycles. The number of anilines is 1. The number of para-hydroxylation sites is 1. The fraction of sp³-hybridized carbons (Fsp3) is 0.263. The Balaban J connectivity index is 1.98. The number of rotatable bonds is 7. The predicted molar refractivity (Wildman–Crippen MR) is 95.9 cm³/mol. The number of alkyl halides is 2. The van der Waals surface area contributed by atoms with E-state index < -0.39 is 18.6 Å². The van der Waals surface area contributed by atoms with Gasteiger partial charge in [-0.25, -0.2) is 9.59 Å². The summed E-state index contributed by atoms with van der Waals surface area (Å²) >= 11 is 0. The van der Waals surface area contributed by atoms with Crippen LogP contribution in [-0.2, 0) is 11.3 Å². The molecule has 0 saturated heterocycles. The van der Waals surface area contributed by atoms with E-state index in [9.17, 15) is 18.4 Å². The Bertz CT molecular complexity index is 780. The van der Waals surface area contributed by atoms with Gasteiger partial charge in [-0.1, -0.05) is 24.3 Å². The standard InChI is InChI=1S/C19H20F2N2O4/c1-12(2)22-19(25)23-16-6-4-3-5-15(16)17(24)26-11-13-7-9-14(10-8-13)27-18(20)21/h3-10,12,18H,11H2,1-2H3,(H2,22,23,25). The maximum atomic E-state index is 12.3. The van der Waals surface area contributed by atoms with E-state index in [1.165, 1.54) is 30.3 Å². The first-order valence-electron chi connectivity index (χ1n) is 8.22. The Kier molecular flexibility index (Phi) is 7.10. The molecule has 27 heavy (non-hydrogen) atoms. The molecule has 8 heteroatoms. The summed E-state index contributed by atoms with van der Waals surface area (Å²) in [5, 5.41) is 5.27. The molecule has 0 aliphatic heterocycles. The third-order valence-corrected chi connectivity index (χ3v) is 3.33. The quantitative estimate of drug-likeness (QED) is 0.709. The molecule has 2 N–H and O–H groups in total. The Labute approximate surface area is 155 Å². The highest BCUT2D eigenvalue weighted by Crippen LogP contribution is 2.19. The summed E-state index contributed by atoms with van der Waals surface area (Å²) in [6, 6.07) is 11.7. The van der Waals surface area contributed by atoms with E-state index in [-0.39, 0.29) is 24.0 Å². The van der Waals surface area contributed by atoms with Gasteiger partial charge in [-0.3, -0.25) is 0 Å². The van der Waals surface area contributed by atoms with Gasteiger partial charge >= 0.3 is 18.6 Å². The second-order valence-corrected chi connectivity index (χ2v) is 5.90. The van der Waals surface area contributed by atoms with E-state index in [4.69, 9.17) is 4.74 Å². The molecule has 144 valence electrons. The SMILES string of the molecule is CC(C)NC(=O)Nc1ccccc1C(=O)OCc1ccc(OC(F)F)cc1. The lowest BCUT2D eigenvalue weighted by Crippen LogP contribution is -2.34. The molecule has 0 aromatic heterocycles. The zero-order valence-corrected chi connectivity index (χ0v) is 14.9. The van der Waals surface area contributed by atoms with E-state index >= 15 is 0 Å². The van der Waals surface area contributed by atoms with Crippen LogP contribution in [-0.4, -0.2) is 24.7 Å². The molecule has 0 bridgehead atoms. The lowest BCUT2D eigenvalue weighted by atomic mass is 10.2.